The maximum atomic E-state index is 13.1. The summed E-state index contributed by atoms with van der Waals surface area (Å²) in [6, 6.07) is 15.6. The van der Waals surface area contributed by atoms with Crippen LogP contribution in [0.5, 0.6) is 0 Å². The second kappa shape index (κ2) is 8.79. The molecule has 154 valence electrons. The first-order chi connectivity index (χ1) is 14.6. The van der Waals surface area contributed by atoms with Gasteiger partial charge in [0.25, 0.3) is 11.8 Å². The van der Waals surface area contributed by atoms with Crippen molar-refractivity contribution in [2.75, 3.05) is 22.9 Å². The van der Waals surface area contributed by atoms with E-state index in [0.717, 1.165) is 25.1 Å². The lowest BCUT2D eigenvalue weighted by atomic mass is 10.1. The summed E-state index contributed by atoms with van der Waals surface area (Å²) >= 11 is 5.27. The first-order valence-corrected chi connectivity index (χ1v) is 10.8. The third-order valence-electron chi connectivity index (χ3n) is 5.63. The van der Waals surface area contributed by atoms with Crippen molar-refractivity contribution in [2.45, 2.75) is 32.6 Å². The van der Waals surface area contributed by atoms with Crippen LogP contribution in [0.25, 0.3) is 6.08 Å². The van der Waals surface area contributed by atoms with Gasteiger partial charge in [-0.15, -0.1) is 0 Å². The fourth-order valence-corrected chi connectivity index (χ4v) is 4.15. The molecule has 0 unspecified atom stereocenters. The molecule has 2 heterocycles. The summed E-state index contributed by atoms with van der Waals surface area (Å²) in [5.74, 6) is -0.875. The quantitative estimate of drug-likeness (QED) is 0.461. The molecule has 0 spiro atoms. The molecule has 2 aliphatic heterocycles. The van der Waals surface area contributed by atoms with E-state index in [2.05, 4.69) is 29.3 Å². The Hall–Kier alpha value is -2.99. The topological polar surface area (TPSA) is 52.7 Å². The average Bonchev–Trinajstić information content (AvgIpc) is 2.78. The number of amides is 2. The molecule has 0 radical (unpaired) electrons. The SMILES string of the molecule is CCc1ccc(N2C(=O)C(=Cc3ccc(N4CCCCC4)cc3)C(=O)NC2=S)cc1. The van der Waals surface area contributed by atoms with E-state index >= 15 is 0 Å². The number of hydrogen-bond acceptors (Lipinski definition) is 4. The molecule has 2 aromatic carbocycles. The van der Waals surface area contributed by atoms with Gasteiger partial charge in [-0.2, -0.15) is 0 Å². The Kier molecular flexibility index (Phi) is 5.95. The summed E-state index contributed by atoms with van der Waals surface area (Å²) < 4.78 is 0. The molecule has 0 aliphatic carbocycles. The number of rotatable bonds is 4. The molecule has 0 aromatic heterocycles. The van der Waals surface area contributed by atoms with Crippen molar-refractivity contribution < 1.29 is 9.59 Å². The van der Waals surface area contributed by atoms with Crippen LogP contribution < -0.4 is 15.1 Å². The van der Waals surface area contributed by atoms with Gasteiger partial charge >= 0.3 is 0 Å². The largest absolute Gasteiger partial charge is 0.372 e. The fourth-order valence-electron chi connectivity index (χ4n) is 3.87. The van der Waals surface area contributed by atoms with E-state index in [9.17, 15) is 9.59 Å². The number of carbonyl (C=O) groups is 2. The first-order valence-electron chi connectivity index (χ1n) is 10.4. The van der Waals surface area contributed by atoms with E-state index < -0.39 is 11.8 Å². The van der Waals surface area contributed by atoms with Gasteiger partial charge in [-0.25, -0.2) is 0 Å². The molecule has 2 amide bonds. The number of thiocarbonyl (C=S) groups is 1. The average molecular weight is 420 g/mol. The standard InChI is InChI=1S/C24H25N3O2S/c1-2-17-6-12-20(13-7-17)27-23(29)21(22(28)25-24(27)30)16-18-8-10-19(11-9-18)26-14-4-3-5-15-26/h6-13,16H,2-5,14-15H2,1H3,(H,25,28,30). The number of carbonyl (C=O) groups excluding carboxylic acids is 2. The highest BCUT2D eigenvalue weighted by Gasteiger charge is 2.34. The number of nitrogens with zero attached hydrogens (tertiary/aromatic N) is 2. The van der Waals surface area contributed by atoms with E-state index in [1.54, 1.807) is 6.08 Å². The molecule has 4 rings (SSSR count). The number of piperidine rings is 1. The van der Waals surface area contributed by atoms with Gasteiger partial charge < -0.3 is 4.90 Å². The molecule has 30 heavy (non-hydrogen) atoms. The van der Waals surface area contributed by atoms with Crippen molar-refractivity contribution >= 4 is 46.6 Å². The highest BCUT2D eigenvalue weighted by Crippen LogP contribution is 2.24. The van der Waals surface area contributed by atoms with Crippen LogP contribution in [0.1, 0.15) is 37.3 Å². The Labute approximate surface area is 182 Å². The maximum Gasteiger partial charge on any atom is 0.270 e. The normalized spacial score (nSPS) is 18.7. The Bertz CT molecular complexity index is 990. The minimum absolute atomic E-state index is 0.0777. The summed E-state index contributed by atoms with van der Waals surface area (Å²) in [6.45, 7) is 4.22. The van der Waals surface area contributed by atoms with Crippen LogP contribution in [0, 0.1) is 0 Å². The van der Waals surface area contributed by atoms with Crippen molar-refractivity contribution in [3.8, 4) is 0 Å². The molecular formula is C24H25N3O2S. The molecule has 5 nitrogen and oxygen atoms in total. The van der Waals surface area contributed by atoms with Gasteiger partial charge in [-0.05, 0) is 79.4 Å². The lowest BCUT2D eigenvalue weighted by Gasteiger charge is -2.29. The molecular weight excluding hydrogens is 394 g/mol. The third kappa shape index (κ3) is 4.14. The van der Waals surface area contributed by atoms with Crippen molar-refractivity contribution in [2.24, 2.45) is 0 Å². The van der Waals surface area contributed by atoms with E-state index in [-0.39, 0.29) is 10.7 Å². The number of nitrogens with one attached hydrogen (secondary N) is 1. The number of anilines is 2. The lowest BCUT2D eigenvalue weighted by Crippen LogP contribution is -2.54. The Morgan fingerprint density at radius 2 is 1.57 bits per heavy atom. The Balaban J connectivity index is 1.58. The predicted molar refractivity (Wildman–Crippen MR) is 125 cm³/mol. The highest BCUT2D eigenvalue weighted by atomic mass is 32.1. The molecule has 1 N–H and O–H groups in total. The predicted octanol–water partition coefficient (Wildman–Crippen LogP) is 4.07. The van der Waals surface area contributed by atoms with E-state index in [1.165, 1.54) is 35.4 Å². The molecule has 2 saturated heterocycles. The van der Waals surface area contributed by atoms with Crippen LogP contribution in [0.3, 0.4) is 0 Å². The van der Waals surface area contributed by atoms with Crippen molar-refractivity contribution in [1.29, 1.82) is 0 Å². The van der Waals surface area contributed by atoms with Gasteiger partial charge in [-0.1, -0.05) is 31.2 Å². The third-order valence-corrected chi connectivity index (χ3v) is 5.91. The smallest absolute Gasteiger partial charge is 0.270 e. The number of aryl methyl sites for hydroxylation is 1. The molecule has 2 fully saturated rings. The monoisotopic (exact) mass is 419 g/mol. The van der Waals surface area contributed by atoms with Gasteiger partial charge in [0.1, 0.15) is 5.57 Å². The van der Waals surface area contributed by atoms with Gasteiger partial charge in [0, 0.05) is 18.8 Å². The van der Waals surface area contributed by atoms with Crippen LogP contribution >= 0.6 is 12.2 Å². The summed E-state index contributed by atoms with van der Waals surface area (Å²) in [4.78, 5) is 29.4. The van der Waals surface area contributed by atoms with E-state index in [0.29, 0.717) is 5.69 Å². The number of hydrogen-bond donors (Lipinski definition) is 1. The van der Waals surface area contributed by atoms with Gasteiger partial charge in [0.05, 0.1) is 5.69 Å². The van der Waals surface area contributed by atoms with Crippen LogP contribution in [0.2, 0.25) is 0 Å². The maximum absolute atomic E-state index is 13.1. The number of benzene rings is 2. The van der Waals surface area contributed by atoms with Gasteiger partial charge in [0.15, 0.2) is 5.11 Å². The molecule has 2 aromatic rings. The van der Waals surface area contributed by atoms with Crippen molar-refractivity contribution in [3.05, 3.63) is 65.2 Å². The zero-order valence-electron chi connectivity index (χ0n) is 17.1. The second-order valence-corrected chi connectivity index (χ2v) is 8.00. The lowest BCUT2D eigenvalue weighted by molar-refractivity contribution is -0.122. The molecule has 0 saturated carbocycles. The Morgan fingerprint density at radius 1 is 0.933 bits per heavy atom. The van der Waals surface area contributed by atoms with Crippen LogP contribution in [-0.4, -0.2) is 30.0 Å². The zero-order chi connectivity index (χ0) is 21.1. The van der Waals surface area contributed by atoms with Gasteiger partial charge in [0.2, 0.25) is 0 Å². The first kappa shape index (κ1) is 20.3. The molecule has 2 aliphatic rings. The molecule has 0 atom stereocenters. The highest BCUT2D eigenvalue weighted by molar-refractivity contribution is 7.80. The molecule has 0 bridgehead atoms. The zero-order valence-corrected chi connectivity index (χ0v) is 17.9. The minimum atomic E-state index is -0.466. The van der Waals surface area contributed by atoms with Crippen LogP contribution in [0.15, 0.2) is 54.1 Å². The second-order valence-electron chi connectivity index (χ2n) is 7.62. The Morgan fingerprint density at radius 3 is 2.20 bits per heavy atom. The summed E-state index contributed by atoms with van der Waals surface area (Å²) in [5.41, 5.74) is 3.88. The van der Waals surface area contributed by atoms with Crippen LogP contribution in [0.4, 0.5) is 11.4 Å². The summed E-state index contributed by atoms with van der Waals surface area (Å²) in [6.07, 6.45) is 6.27. The van der Waals surface area contributed by atoms with E-state index in [1.807, 2.05) is 36.4 Å². The van der Waals surface area contributed by atoms with E-state index in [4.69, 9.17) is 12.2 Å². The molecule has 6 heteroatoms. The van der Waals surface area contributed by atoms with Crippen molar-refractivity contribution in [3.63, 3.8) is 0 Å². The summed E-state index contributed by atoms with van der Waals surface area (Å²) in [5, 5.41) is 2.74. The fraction of sp³-hybridized carbons (Fsp3) is 0.292. The van der Waals surface area contributed by atoms with Crippen LogP contribution in [-0.2, 0) is 16.0 Å². The van der Waals surface area contributed by atoms with Gasteiger partial charge in [-0.3, -0.25) is 19.8 Å². The summed E-state index contributed by atoms with van der Waals surface area (Å²) in [7, 11) is 0. The van der Waals surface area contributed by atoms with Crippen molar-refractivity contribution in [1.82, 2.24) is 5.32 Å². The minimum Gasteiger partial charge on any atom is -0.372 e.